The molecule has 28 heavy (non-hydrogen) atoms. The average Bonchev–Trinajstić information content (AvgIpc) is 3.11. The minimum atomic E-state index is 0.541. The molecule has 5 rings (SSSR count). The highest BCUT2D eigenvalue weighted by atomic mass is 16.5. The molecule has 3 aromatic heterocycles. The van der Waals surface area contributed by atoms with Crippen molar-refractivity contribution in [1.29, 1.82) is 0 Å². The molecule has 0 radical (unpaired) electrons. The van der Waals surface area contributed by atoms with Gasteiger partial charge in [0.2, 0.25) is 5.88 Å². The third-order valence-corrected chi connectivity index (χ3v) is 5.20. The Balaban J connectivity index is 1.52. The van der Waals surface area contributed by atoms with Crippen LogP contribution in [0.3, 0.4) is 0 Å². The van der Waals surface area contributed by atoms with Gasteiger partial charge in [-0.25, -0.2) is 15.0 Å². The topological polar surface area (TPSA) is 64.3 Å². The van der Waals surface area contributed by atoms with Crippen LogP contribution in [0.1, 0.15) is 17.7 Å². The maximum absolute atomic E-state index is 6.05. The van der Waals surface area contributed by atoms with Gasteiger partial charge in [-0.05, 0) is 55.7 Å². The van der Waals surface area contributed by atoms with Crippen LogP contribution in [-0.2, 0) is 0 Å². The minimum Gasteiger partial charge on any atom is -0.464 e. The van der Waals surface area contributed by atoms with E-state index < -0.39 is 0 Å². The van der Waals surface area contributed by atoms with E-state index in [1.54, 1.807) is 18.8 Å². The van der Waals surface area contributed by atoms with Gasteiger partial charge in [0, 0.05) is 24.8 Å². The molecule has 1 aromatic carbocycles. The number of fused-ring (bicyclic) bond motifs is 1. The highest BCUT2D eigenvalue weighted by molar-refractivity contribution is 5.83. The second-order valence-electron chi connectivity index (χ2n) is 7.03. The quantitative estimate of drug-likeness (QED) is 0.507. The molecule has 0 atom stereocenters. The minimum absolute atomic E-state index is 0.541. The summed E-state index contributed by atoms with van der Waals surface area (Å²) >= 11 is 0. The summed E-state index contributed by atoms with van der Waals surface area (Å²) in [6, 6.07) is 9.77. The highest BCUT2D eigenvalue weighted by Crippen LogP contribution is 2.37. The maximum atomic E-state index is 6.05. The number of hydrogen-bond acceptors (Lipinski definition) is 6. The number of aromatic nitrogens is 3. The first-order chi connectivity index (χ1) is 13.7. The molecule has 0 bridgehead atoms. The fraction of sp³-hybridized carbons (Fsp3) is 0.227. The van der Waals surface area contributed by atoms with Gasteiger partial charge >= 0.3 is 0 Å². The van der Waals surface area contributed by atoms with Gasteiger partial charge in [-0.15, -0.1) is 0 Å². The standard InChI is InChI=1S/C22H20N4O2/c1-14-12-16(28-22-18-7-11-27-19(18)6-8-23-22)4-5-17(14)20-15(2)24-13-25-21(20)26-9-3-10-26/h4-8,11-13H,3,9-10H2,1-2H3. The lowest BCUT2D eigenvalue weighted by atomic mass is 9.98. The van der Waals surface area contributed by atoms with Crippen molar-refractivity contribution in [2.24, 2.45) is 0 Å². The van der Waals surface area contributed by atoms with Gasteiger partial charge in [-0.2, -0.15) is 0 Å². The van der Waals surface area contributed by atoms with E-state index >= 15 is 0 Å². The van der Waals surface area contributed by atoms with E-state index in [0.29, 0.717) is 5.88 Å². The molecule has 0 saturated carbocycles. The summed E-state index contributed by atoms with van der Waals surface area (Å²) in [5.41, 5.74) is 5.08. The van der Waals surface area contributed by atoms with E-state index in [4.69, 9.17) is 9.15 Å². The molecule has 1 saturated heterocycles. The molecular formula is C22H20N4O2. The van der Waals surface area contributed by atoms with Crippen LogP contribution in [0.2, 0.25) is 0 Å². The van der Waals surface area contributed by atoms with Gasteiger partial charge in [0.25, 0.3) is 0 Å². The monoisotopic (exact) mass is 372 g/mol. The van der Waals surface area contributed by atoms with Crippen LogP contribution in [0.25, 0.3) is 22.1 Å². The number of furan rings is 1. The van der Waals surface area contributed by atoms with Gasteiger partial charge in [-0.1, -0.05) is 6.07 Å². The molecule has 0 spiro atoms. The Morgan fingerprint density at radius 3 is 2.71 bits per heavy atom. The molecule has 0 unspecified atom stereocenters. The Hall–Kier alpha value is -3.41. The van der Waals surface area contributed by atoms with Crippen molar-refractivity contribution in [2.75, 3.05) is 18.0 Å². The zero-order valence-electron chi connectivity index (χ0n) is 15.8. The normalized spacial score (nSPS) is 13.6. The fourth-order valence-corrected chi connectivity index (χ4v) is 3.59. The number of aryl methyl sites for hydroxylation is 2. The first-order valence-electron chi connectivity index (χ1n) is 9.38. The number of pyridine rings is 1. The van der Waals surface area contributed by atoms with Crippen molar-refractivity contribution in [3.63, 3.8) is 0 Å². The predicted molar refractivity (Wildman–Crippen MR) is 108 cm³/mol. The molecule has 140 valence electrons. The molecule has 0 aliphatic carbocycles. The van der Waals surface area contributed by atoms with Gasteiger partial charge in [0.05, 0.1) is 17.3 Å². The average molecular weight is 372 g/mol. The largest absolute Gasteiger partial charge is 0.464 e. The van der Waals surface area contributed by atoms with Crippen molar-refractivity contribution >= 4 is 16.8 Å². The molecule has 6 heteroatoms. The predicted octanol–water partition coefficient (Wildman–Crippen LogP) is 4.90. The van der Waals surface area contributed by atoms with Crippen molar-refractivity contribution in [3.8, 4) is 22.8 Å². The fourth-order valence-electron chi connectivity index (χ4n) is 3.59. The van der Waals surface area contributed by atoms with Crippen LogP contribution in [0.4, 0.5) is 5.82 Å². The lowest BCUT2D eigenvalue weighted by Crippen LogP contribution is -2.38. The Morgan fingerprint density at radius 2 is 1.93 bits per heavy atom. The number of ether oxygens (including phenoxy) is 1. The molecule has 1 aliphatic heterocycles. The highest BCUT2D eigenvalue weighted by Gasteiger charge is 2.22. The van der Waals surface area contributed by atoms with Crippen LogP contribution in [0, 0.1) is 13.8 Å². The Morgan fingerprint density at radius 1 is 1.04 bits per heavy atom. The van der Waals surface area contributed by atoms with Gasteiger partial charge < -0.3 is 14.1 Å². The van der Waals surface area contributed by atoms with E-state index in [1.165, 1.54) is 6.42 Å². The third-order valence-electron chi connectivity index (χ3n) is 5.20. The second-order valence-corrected chi connectivity index (χ2v) is 7.03. The van der Waals surface area contributed by atoms with E-state index in [1.807, 2.05) is 31.2 Å². The molecule has 1 aliphatic rings. The van der Waals surface area contributed by atoms with E-state index in [9.17, 15) is 0 Å². The van der Waals surface area contributed by atoms with Crippen molar-refractivity contribution in [2.45, 2.75) is 20.3 Å². The van der Waals surface area contributed by atoms with E-state index in [0.717, 1.165) is 58.0 Å². The lowest BCUT2D eigenvalue weighted by Gasteiger charge is -2.34. The maximum Gasteiger partial charge on any atom is 0.230 e. The summed E-state index contributed by atoms with van der Waals surface area (Å²) in [5, 5.41) is 0.858. The molecular weight excluding hydrogens is 352 g/mol. The molecule has 4 heterocycles. The zero-order valence-corrected chi connectivity index (χ0v) is 15.8. The molecule has 0 N–H and O–H groups in total. The zero-order chi connectivity index (χ0) is 19.1. The molecule has 1 fully saturated rings. The summed E-state index contributed by atoms with van der Waals surface area (Å²) < 4.78 is 11.5. The summed E-state index contributed by atoms with van der Waals surface area (Å²) in [7, 11) is 0. The molecule has 4 aromatic rings. The summed E-state index contributed by atoms with van der Waals surface area (Å²) in [5.74, 6) is 2.29. The van der Waals surface area contributed by atoms with Crippen molar-refractivity contribution in [1.82, 2.24) is 15.0 Å². The van der Waals surface area contributed by atoms with E-state index in [-0.39, 0.29) is 0 Å². The smallest absolute Gasteiger partial charge is 0.230 e. The van der Waals surface area contributed by atoms with Crippen LogP contribution in [-0.4, -0.2) is 28.0 Å². The Kier molecular flexibility index (Phi) is 3.97. The van der Waals surface area contributed by atoms with Crippen LogP contribution in [0.15, 0.2) is 53.5 Å². The third kappa shape index (κ3) is 2.78. The van der Waals surface area contributed by atoms with Crippen molar-refractivity contribution in [3.05, 3.63) is 60.4 Å². The SMILES string of the molecule is Cc1cc(Oc2nccc3occc23)ccc1-c1c(C)ncnc1N1CCC1. The summed E-state index contributed by atoms with van der Waals surface area (Å²) in [6.07, 6.45) is 6.19. The van der Waals surface area contributed by atoms with E-state index in [2.05, 4.69) is 32.8 Å². The number of benzene rings is 1. The first-order valence-corrected chi connectivity index (χ1v) is 9.38. The van der Waals surface area contributed by atoms with Gasteiger partial charge in [0.15, 0.2) is 0 Å². The van der Waals surface area contributed by atoms with Gasteiger partial charge in [0.1, 0.15) is 23.5 Å². The van der Waals surface area contributed by atoms with Crippen molar-refractivity contribution < 1.29 is 9.15 Å². The number of hydrogen-bond donors (Lipinski definition) is 0. The van der Waals surface area contributed by atoms with Crippen LogP contribution < -0.4 is 9.64 Å². The number of anilines is 1. The molecule has 0 amide bonds. The first kappa shape index (κ1) is 16.7. The lowest BCUT2D eigenvalue weighted by molar-refractivity contribution is 0.468. The van der Waals surface area contributed by atoms with Gasteiger partial charge in [-0.3, -0.25) is 0 Å². The Bertz CT molecular complexity index is 1160. The Labute approximate surface area is 162 Å². The molecule has 6 nitrogen and oxygen atoms in total. The summed E-state index contributed by atoms with van der Waals surface area (Å²) in [4.78, 5) is 15.6. The number of nitrogens with zero attached hydrogens (tertiary/aromatic N) is 4. The second kappa shape index (κ2) is 6.64. The number of rotatable bonds is 4. The van der Waals surface area contributed by atoms with Crippen LogP contribution >= 0.6 is 0 Å². The van der Waals surface area contributed by atoms with Crippen LogP contribution in [0.5, 0.6) is 11.6 Å². The summed E-state index contributed by atoms with van der Waals surface area (Å²) in [6.45, 7) is 6.21.